The van der Waals surface area contributed by atoms with E-state index in [1.807, 2.05) is 42.5 Å². The number of benzene rings is 2. The first-order valence-electron chi connectivity index (χ1n) is 5.87. The topological polar surface area (TPSA) is 85.4 Å². The molecule has 3 N–H and O–H groups in total. The van der Waals surface area contributed by atoms with Crippen molar-refractivity contribution in [3.8, 4) is 5.95 Å². The molecule has 2 aromatic carbocycles. The van der Waals surface area contributed by atoms with Crippen molar-refractivity contribution in [3.05, 3.63) is 42.5 Å². The molecule has 0 saturated heterocycles. The number of H-pyrrole nitrogens is 1. The zero-order chi connectivity index (χ0) is 12.8. The number of nitrogens with zero attached hydrogens (tertiary/aromatic N) is 4. The Labute approximate surface area is 107 Å². The summed E-state index contributed by atoms with van der Waals surface area (Å²) in [5, 5.41) is 8.24. The maximum Gasteiger partial charge on any atom is 0.231 e. The lowest BCUT2D eigenvalue weighted by molar-refractivity contribution is 0.788. The van der Waals surface area contributed by atoms with Gasteiger partial charge in [0.1, 0.15) is 5.52 Å². The van der Waals surface area contributed by atoms with E-state index in [9.17, 15) is 0 Å². The SMILES string of the molecule is Nc1ccc2nc(-n3nnc4ccccc43)[nH]c2c1. The average Bonchev–Trinajstić information content (AvgIpc) is 3.00. The fraction of sp³-hybridized carbons (Fsp3) is 0. The first-order valence-corrected chi connectivity index (χ1v) is 5.87. The van der Waals surface area contributed by atoms with Crippen molar-refractivity contribution in [2.45, 2.75) is 0 Å². The van der Waals surface area contributed by atoms with Gasteiger partial charge in [0, 0.05) is 5.69 Å². The van der Waals surface area contributed by atoms with Crippen LogP contribution in [-0.4, -0.2) is 25.0 Å². The standard InChI is InChI=1S/C13H10N6/c14-8-5-6-9-11(7-8)16-13(15-9)19-12-4-2-1-3-10(12)17-18-19/h1-7H,14H2,(H,15,16). The predicted molar refractivity (Wildman–Crippen MR) is 72.9 cm³/mol. The quantitative estimate of drug-likeness (QED) is 0.505. The summed E-state index contributed by atoms with van der Waals surface area (Å²) in [6.45, 7) is 0. The average molecular weight is 250 g/mol. The minimum Gasteiger partial charge on any atom is -0.399 e. The van der Waals surface area contributed by atoms with E-state index in [0.717, 1.165) is 22.1 Å². The first kappa shape index (κ1) is 10.1. The van der Waals surface area contributed by atoms with Gasteiger partial charge >= 0.3 is 0 Å². The van der Waals surface area contributed by atoms with Crippen LogP contribution in [0.5, 0.6) is 0 Å². The molecule has 0 fully saturated rings. The molecule has 92 valence electrons. The van der Waals surface area contributed by atoms with Gasteiger partial charge in [-0.1, -0.05) is 17.3 Å². The minimum atomic E-state index is 0.634. The summed E-state index contributed by atoms with van der Waals surface area (Å²) >= 11 is 0. The van der Waals surface area contributed by atoms with Gasteiger partial charge in [-0.2, -0.15) is 4.68 Å². The van der Waals surface area contributed by atoms with E-state index in [0.29, 0.717) is 11.6 Å². The lowest BCUT2D eigenvalue weighted by atomic mass is 10.3. The molecule has 4 rings (SSSR count). The Morgan fingerprint density at radius 1 is 1.05 bits per heavy atom. The summed E-state index contributed by atoms with van der Waals surface area (Å²) in [5.41, 5.74) is 9.94. The van der Waals surface area contributed by atoms with Gasteiger partial charge < -0.3 is 10.7 Å². The van der Waals surface area contributed by atoms with Crippen LogP contribution in [0.1, 0.15) is 0 Å². The van der Waals surface area contributed by atoms with Crippen molar-refractivity contribution in [2.24, 2.45) is 0 Å². The number of anilines is 1. The first-order chi connectivity index (χ1) is 9.31. The third kappa shape index (κ3) is 1.46. The number of aromatic amines is 1. The smallest absolute Gasteiger partial charge is 0.231 e. The van der Waals surface area contributed by atoms with Crippen LogP contribution in [-0.2, 0) is 0 Å². The third-order valence-electron chi connectivity index (χ3n) is 3.05. The van der Waals surface area contributed by atoms with E-state index in [2.05, 4.69) is 20.3 Å². The molecule has 0 atom stereocenters. The van der Waals surface area contributed by atoms with E-state index >= 15 is 0 Å². The molecular formula is C13H10N6. The third-order valence-corrected chi connectivity index (χ3v) is 3.05. The van der Waals surface area contributed by atoms with E-state index in [1.54, 1.807) is 4.68 Å². The van der Waals surface area contributed by atoms with Crippen molar-refractivity contribution < 1.29 is 0 Å². The van der Waals surface area contributed by atoms with Gasteiger partial charge in [0.25, 0.3) is 0 Å². The highest BCUT2D eigenvalue weighted by Gasteiger charge is 2.10. The van der Waals surface area contributed by atoms with Crippen LogP contribution in [0.4, 0.5) is 5.69 Å². The van der Waals surface area contributed by atoms with Gasteiger partial charge in [0.2, 0.25) is 5.95 Å². The number of imidazole rings is 1. The Hall–Kier alpha value is -2.89. The maximum atomic E-state index is 5.76. The molecule has 0 saturated carbocycles. The van der Waals surface area contributed by atoms with Gasteiger partial charge in [-0.3, -0.25) is 0 Å². The summed E-state index contributed by atoms with van der Waals surface area (Å²) in [5.74, 6) is 0.634. The van der Waals surface area contributed by atoms with Crippen molar-refractivity contribution in [1.29, 1.82) is 0 Å². The van der Waals surface area contributed by atoms with Crippen LogP contribution in [0.2, 0.25) is 0 Å². The molecule has 0 amide bonds. The van der Waals surface area contributed by atoms with Gasteiger partial charge in [0.15, 0.2) is 0 Å². The lowest BCUT2D eigenvalue weighted by Crippen LogP contribution is -1.98. The molecule has 0 aliphatic heterocycles. The molecule has 2 heterocycles. The Kier molecular flexibility index (Phi) is 1.88. The number of rotatable bonds is 1. The Bertz CT molecular complexity index is 888. The van der Waals surface area contributed by atoms with Crippen LogP contribution in [0.25, 0.3) is 28.0 Å². The molecule has 4 aromatic rings. The highest BCUT2D eigenvalue weighted by Crippen LogP contribution is 2.19. The number of nitrogens with one attached hydrogen (secondary N) is 1. The highest BCUT2D eigenvalue weighted by molar-refractivity contribution is 5.81. The number of aromatic nitrogens is 5. The Morgan fingerprint density at radius 3 is 2.89 bits per heavy atom. The predicted octanol–water partition coefficient (Wildman–Crippen LogP) is 1.88. The largest absolute Gasteiger partial charge is 0.399 e. The van der Waals surface area contributed by atoms with Crippen LogP contribution in [0, 0.1) is 0 Å². The molecule has 6 nitrogen and oxygen atoms in total. The second kappa shape index (κ2) is 3.55. The van der Waals surface area contributed by atoms with E-state index in [4.69, 9.17) is 5.73 Å². The summed E-state index contributed by atoms with van der Waals surface area (Å²) in [6, 6.07) is 13.3. The number of nitrogens with two attached hydrogens (primary N) is 1. The van der Waals surface area contributed by atoms with E-state index in [1.165, 1.54) is 0 Å². The molecule has 19 heavy (non-hydrogen) atoms. The van der Waals surface area contributed by atoms with Crippen molar-refractivity contribution in [2.75, 3.05) is 5.73 Å². The summed E-state index contributed by atoms with van der Waals surface area (Å²) in [7, 11) is 0. The van der Waals surface area contributed by atoms with Gasteiger partial charge in [-0.25, -0.2) is 4.98 Å². The van der Waals surface area contributed by atoms with Crippen LogP contribution < -0.4 is 5.73 Å². The number of fused-ring (bicyclic) bond motifs is 2. The maximum absolute atomic E-state index is 5.76. The van der Waals surface area contributed by atoms with Crippen LogP contribution in [0.3, 0.4) is 0 Å². The lowest BCUT2D eigenvalue weighted by Gasteiger charge is -1.95. The number of hydrogen-bond donors (Lipinski definition) is 2. The van der Waals surface area contributed by atoms with E-state index < -0.39 is 0 Å². The monoisotopic (exact) mass is 250 g/mol. The van der Waals surface area contributed by atoms with E-state index in [-0.39, 0.29) is 0 Å². The molecule has 0 radical (unpaired) electrons. The molecule has 0 aliphatic carbocycles. The zero-order valence-corrected chi connectivity index (χ0v) is 9.91. The number of nitrogen functional groups attached to an aromatic ring is 1. The Morgan fingerprint density at radius 2 is 1.95 bits per heavy atom. The summed E-state index contributed by atoms with van der Waals surface area (Å²) in [6.07, 6.45) is 0. The van der Waals surface area contributed by atoms with Gasteiger partial charge in [-0.05, 0) is 30.3 Å². The van der Waals surface area contributed by atoms with Crippen molar-refractivity contribution in [1.82, 2.24) is 25.0 Å². The zero-order valence-electron chi connectivity index (χ0n) is 9.91. The van der Waals surface area contributed by atoms with Crippen LogP contribution in [0.15, 0.2) is 42.5 Å². The Balaban J connectivity index is 1.99. The molecule has 0 unspecified atom stereocenters. The fourth-order valence-corrected chi connectivity index (χ4v) is 2.14. The molecule has 6 heteroatoms. The normalized spacial score (nSPS) is 11.4. The molecule has 0 spiro atoms. The van der Waals surface area contributed by atoms with Crippen molar-refractivity contribution >= 4 is 27.8 Å². The molecule has 0 aliphatic rings. The number of hydrogen-bond acceptors (Lipinski definition) is 4. The minimum absolute atomic E-state index is 0.634. The molecule has 0 bridgehead atoms. The fourth-order valence-electron chi connectivity index (χ4n) is 2.14. The van der Waals surface area contributed by atoms with Crippen LogP contribution >= 0.6 is 0 Å². The molecule has 2 aromatic heterocycles. The molecular weight excluding hydrogens is 240 g/mol. The number of para-hydroxylation sites is 1. The van der Waals surface area contributed by atoms with Gasteiger partial charge in [-0.15, -0.1) is 5.10 Å². The highest BCUT2D eigenvalue weighted by atomic mass is 15.5. The van der Waals surface area contributed by atoms with Crippen molar-refractivity contribution in [3.63, 3.8) is 0 Å². The van der Waals surface area contributed by atoms with Gasteiger partial charge in [0.05, 0.1) is 16.6 Å². The summed E-state index contributed by atoms with van der Waals surface area (Å²) in [4.78, 5) is 7.70. The summed E-state index contributed by atoms with van der Waals surface area (Å²) < 4.78 is 1.69. The second-order valence-corrected chi connectivity index (χ2v) is 4.33. The second-order valence-electron chi connectivity index (χ2n) is 4.33.